The number of nitrogens with zero attached hydrogens (tertiary/aromatic N) is 1. The molecular formula is C13H22N2O2S. The zero-order valence-corrected chi connectivity index (χ0v) is 11.7. The van der Waals surface area contributed by atoms with Gasteiger partial charge in [0.05, 0.1) is 5.75 Å². The van der Waals surface area contributed by atoms with Gasteiger partial charge in [-0.1, -0.05) is 37.3 Å². The van der Waals surface area contributed by atoms with E-state index in [2.05, 4.69) is 0 Å². The predicted molar refractivity (Wildman–Crippen MR) is 74.9 cm³/mol. The van der Waals surface area contributed by atoms with E-state index in [9.17, 15) is 8.42 Å². The van der Waals surface area contributed by atoms with Gasteiger partial charge in [0.1, 0.15) is 0 Å². The van der Waals surface area contributed by atoms with Crippen molar-refractivity contribution in [3.8, 4) is 0 Å². The minimum absolute atomic E-state index is 0.150. The molecular weight excluding hydrogens is 248 g/mol. The number of benzene rings is 1. The molecule has 0 unspecified atom stereocenters. The normalized spacial score (nSPS) is 11.9. The summed E-state index contributed by atoms with van der Waals surface area (Å²) in [6.07, 6.45) is 1.36. The Bertz CT molecular complexity index is 426. The Morgan fingerprint density at radius 1 is 1.17 bits per heavy atom. The Morgan fingerprint density at radius 2 is 1.83 bits per heavy atom. The van der Waals surface area contributed by atoms with Crippen molar-refractivity contribution in [2.24, 2.45) is 5.73 Å². The van der Waals surface area contributed by atoms with Crippen LogP contribution in [0.15, 0.2) is 30.3 Å². The Kier molecular flexibility index (Phi) is 6.32. The molecule has 102 valence electrons. The molecule has 0 aromatic heterocycles. The summed E-state index contributed by atoms with van der Waals surface area (Å²) in [6.45, 7) is 3.29. The molecule has 0 heterocycles. The summed E-state index contributed by atoms with van der Waals surface area (Å²) in [5.41, 5.74) is 6.50. The molecule has 0 radical (unpaired) electrons. The van der Waals surface area contributed by atoms with Crippen LogP contribution in [0.2, 0.25) is 0 Å². The van der Waals surface area contributed by atoms with Crippen molar-refractivity contribution in [2.45, 2.75) is 19.8 Å². The van der Waals surface area contributed by atoms with Crippen molar-refractivity contribution in [1.29, 1.82) is 0 Å². The molecule has 5 heteroatoms. The molecule has 0 spiro atoms. The molecule has 0 atom stereocenters. The van der Waals surface area contributed by atoms with Crippen molar-refractivity contribution in [1.82, 2.24) is 4.31 Å². The first-order valence-electron chi connectivity index (χ1n) is 6.32. The number of hydrogen-bond donors (Lipinski definition) is 1. The van der Waals surface area contributed by atoms with Gasteiger partial charge in [-0.3, -0.25) is 0 Å². The van der Waals surface area contributed by atoms with E-state index in [1.54, 1.807) is 0 Å². The third kappa shape index (κ3) is 4.76. The number of nitrogens with two attached hydrogens (primary N) is 1. The van der Waals surface area contributed by atoms with Crippen LogP contribution in [0.5, 0.6) is 0 Å². The molecule has 0 amide bonds. The third-order valence-corrected chi connectivity index (χ3v) is 4.61. The van der Waals surface area contributed by atoms with Crippen molar-refractivity contribution < 1.29 is 8.42 Å². The lowest BCUT2D eigenvalue weighted by atomic mass is 10.2. The summed E-state index contributed by atoms with van der Waals surface area (Å²) < 4.78 is 25.8. The second-order valence-corrected chi connectivity index (χ2v) is 6.33. The summed E-state index contributed by atoms with van der Waals surface area (Å²) in [7, 11) is -3.19. The van der Waals surface area contributed by atoms with Gasteiger partial charge in [-0.25, -0.2) is 12.7 Å². The Balaban J connectivity index is 2.62. The Labute approximate surface area is 110 Å². The highest BCUT2D eigenvalue weighted by atomic mass is 32.2. The quantitative estimate of drug-likeness (QED) is 0.773. The first kappa shape index (κ1) is 15.1. The second kappa shape index (κ2) is 7.51. The fourth-order valence-electron chi connectivity index (χ4n) is 1.80. The van der Waals surface area contributed by atoms with Crippen LogP contribution in [-0.4, -0.2) is 38.1 Å². The number of hydrogen-bond acceptors (Lipinski definition) is 3. The highest BCUT2D eigenvalue weighted by Gasteiger charge is 2.19. The standard InChI is InChI=1S/C13H22N2O2S/c1-2-10-15(11-9-14)18(16,17)12-8-13-6-4-3-5-7-13/h3-7H,2,8-12,14H2,1H3. The summed E-state index contributed by atoms with van der Waals surface area (Å²) in [6, 6.07) is 9.67. The summed E-state index contributed by atoms with van der Waals surface area (Å²) >= 11 is 0. The molecule has 0 saturated heterocycles. The zero-order valence-electron chi connectivity index (χ0n) is 10.9. The van der Waals surface area contributed by atoms with Gasteiger partial charge in [0.15, 0.2) is 0 Å². The van der Waals surface area contributed by atoms with Gasteiger partial charge in [0.2, 0.25) is 10.0 Å². The van der Waals surface area contributed by atoms with Crippen LogP contribution in [0.25, 0.3) is 0 Å². The van der Waals surface area contributed by atoms with Crippen molar-refractivity contribution in [3.63, 3.8) is 0 Å². The molecule has 4 nitrogen and oxygen atoms in total. The van der Waals surface area contributed by atoms with Gasteiger partial charge in [0.25, 0.3) is 0 Å². The van der Waals surface area contributed by atoms with Crippen molar-refractivity contribution >= 4 is 10.0 Å². The average molecular weight is 270 g/mol. The van der Waals surface area contributed by atoms with E-state index in [0.29, 0.717) is 26.1 Å². The minimum Gasteiger partial charge on any atom is -0.329 e. The van der Waals surface area contributed by atoms with E-state index in [-0.39, 0.29) is 5.75 Å². The van der Waals surface area contributed by atoms with E-state index >= 15 is 0 Å². The number of sulfonamides is 1. The lowest BCUT2D eigenvalue weighted by Crippen LogP contribution is -2.37. The second-order valence-electron chi connectivity index (χ2n) is 4.24. The van der Waals surface area contributed by atoms with Crippen LogP contribution in [0, 0.1) is 0 Å². The number of rotatable bonds is 8. The van der Waals surface area contributed by atoms with Gasteiger partial charge in [0, 0.05) is 19.6 Å². The Morgan fingerprint density at radius 3 is 2.39 bits per heavy atom. The van der Waals surface area contributed by atoms with Gasteiger partial charge in [-0.15, -0.1) is 0 Å². The van der Waals surface area contributed by atoms with E-state index in [1.165, 1.54) is 4.31 Å². The van der Waals surface area contributed by atoms with Gasteiger partial charge >= 0.3 is 0 Å². The van der Waals surface area contributed by atoms with Crippen LogP contribution in [0.1, 0.15) is 18.9 Å². The smallest absolute Gasteiger partial charge is 0.214 e. The largest absolute Gasteiger partial charge is 0.329 e. The summed E-state index contributed by atoms with van der Waals surface area (Å²) in [4.78, 5) is 0. The van der Waals surface area contributed by atoms with Crippen LogP contribution in [0.4, 0.5) is 0 Å². The SMILES string of the molecule is CCCN(CCN)S(=O)(=O)CCc1ccccc1. The van der Waals surface area contributed by atoms with Crippen molar-refractivity contribution in [2.75, 3.05) is 25.4 Å². The predicted octanol–water partition coefficient (Wildman–Crippen LogP) is 1.23. The van der Waals surface area contributed by atoms with Crippen LogP contribution < -0.4 is 5.73 Å². The topological polar surface area (TPSA) is 63.4 Å². The third-order valence-electron chi connectivity index (χ3n) is 2.74. The highest BCUT2D eigenvalue weighted by Crippen LogP contribution is 2.07. The molecule has 0 fully saturated rings. The molecule has 1 rings (SSSR count). The molecule has 0 aliphatic rings. The lowest BCUT2D eigenvalue weighted by molar-refractivity contribution is 0.418. The van der Waals surface area contributed by atoms with Crippen LogP contribution >= 0.6 is 0 Å². The first-order chi connectivity index (χ1) is 8.60. The monoisotopic (exact) mass is 270 g/mol. The van der Waals surface area contributed by atoms with E-state index in [0.717, 1.165) is 12.0 Å². The van der Waals surface area contributed by atoms with Gasteiger partial charge in [-0.2, -0.15) is 0 Å². The van der Waals surface area contributed by atoms with Gasteiger partial charge in [-0.05, 0) is 18.4 Å². The maximum Gasteiger partial charge on any atom is 0.214 e. The average Bonchev–Trinajstić information content (AvgIpc) is 2.37. The number of aryl methyl sites for hydroxylation is 1. The fourth-order valence-corrected chi connectivity index (χ4v) is 3.40. The zero-order chi connectivity index (χ0) is 13.4. The first-order valence-corrected chi connectivity index (χ1v) is 7.93. The van der Waals surface area contributed by atoms with Gasteiger partial charge < -0.3 is 5.73 Å². The molecule has 2 N–H and O–H groups in total. The molecule has 0 saturated carbocycles. The molecule has 0 bridgehead atoms. The maximum atomic E-state index is 12.2. The molecule has 0 aliphatic carbocycles. The van der Waals surface area contributed by atoms with Crippen LogP contribution in [0.3, 0.4) is 0 Å². The molecule has 1 aromatic rings. The fraction of sp³-hybridized carbons (Fsp3) is 0.538. The molecule has 1 aromatic carbocycles. The van der Waals surface area contributed by atoms with E-state index < -0.39 is 10.0 Å². The van der Waals surface area contributed by atoms with E-state index in [4.69, 9.17) is 5.73 Å². The lowest BCUT2D eigenvalue weighted by Gasteiger charge is -2.20. The maximum absolute atomic E-state index is 12.2. The highest BCUT2D eigenvalue weighted by molar-refractivity contribution is 7.89. The minimum atomic E-state index is -3.19. The summed E-state index contributed by atoms with van der Waals surface area (Å²) in [5, 5.41) is 0. The molecule has 0 aliphatic heterocycles. The van der Waals surface area contributed by atoms with Crippen molar-refractivity contribution in [3.05, 3.63) is 35.9 Å². The van der Waals surface area contributed by atoms with E-state index in [1.807, 2.05) is 37.3 Å². The Hall–Kier alpha value is -0.910. The summed E-state index contributed by atoms with van der Waals surface area (Å²) in [5.74, 6) is 0.150. The van der Waals surface area contributed by atoms with Crippen LogP contribution in [-0.2, 0) is 16.4 Å². The molecule has 18 heavy (non-hydrogen) atoms.